The molecule has 0 saturated heterocycles. The van der Waals surface area contributed by atoms with Gasteiger partial charge in [-0.2, -0.15) is 5.26 Å². The molecule has 0 bridgehead atoms. The van der Waals surface area contributed by atoms with E-state index >= 15 is 0 Å². The van der Waals surface area contributed by atoms with Crippen LogP contribution in [-0.2, 0) is 0 Å². The Morgan fingerprint density at radius 2 is 1.90 bits per heavy atom. The van der Waals surface area contributed by atoms with Gasteiger partial charge in [-0.3, -0.25) is 0 Å². The molecule has 0 spiro atoms. The first-order valence-electron chi connectivity index (χ1n) is 6.88. The van der Waals surface area contributed by atoms with Crippen LogP contribution in [0.2, 0.25) is 0 Å². The van der Waals surface area contributed by atoms with Crippen molar-refractivity contribution in [3.8, 4) is 11.8 Å². The highest BCUT2D eigenvalue weighted by atomic mass is 19.1. The lowest BCUT2D eigenvalue weighted by molar-refractivity contribution is 0.317. The van der Waals surface area contributed by atoms with Crippen LogP contribution in [0.5, 0.6) is 5.75 Å². The monoisotopic (exact) mass is 284 g/mol. The number of hydrogen-bond acceptors (Lipinski definition) is 3. The molecule has 2 rings (SSSR count). The molecule has 0 radical (unpaired) electrons. The minimum Gasteiger partial charge on any atom is -0.494 e. The van der Waals surface area contributed by atoms with Crippen LogP contribution in [-0.4, -0.2) is 6.61 Å². The van der Waals surface area contributed by atoms with Gasteiger partial charge in [0.05, 0.1) is 18.4 Å². The molecule has 0 aliphatic heterocycles. The Balaban J connectivity index is 2.11. The van der Waals surface area contributed by atoms with Crippen molar-refractivity contribution >= 4 is 5.69 Å². The Bertz CT molecular complexity index is 619. The molecule has 0 amide bonds. The lowest BCUT2D eigenvalue weighted by atomic mass is 10.1. The number of para-hydroxylation sites is 1. The fourth-order valence-electron chi connectivity index (χ4n) is 1.90. The van der Waals surface area contributed by atoms with E-state index in [1.807, 2.05) is 31.2 Å². The second-order valence-electron chi connectivity index (χ2n) is 4.60. The molecule has 1 unspecified atom stereocenters. The van der Waals surface area contributed by atoms with Crippen LogP contribution in [0.1, 0.15) is 24.9 Å². The predicted octanol–water partition coefficient (Wildman–Crippen LogP) is 4.29. The number of halogens is 1. The standard InChI is InChI=1S/C17H17FN2O/c1-2-11-21-14-9-7-13(8-10-14)17(12-19)20-16-6-4-3-5-15(16)18/h3-10,17,20H,2,11H2,1H3. The van der Waals surface area contributed by atoms with Crippen molar-refractivity contribution in [1.29, 1.82) is 5.26 Å². The number of hydrogen-bond donors (Lipinski definition) is 1. The second-order valence-corrected chi connectivity index (χ2v) is 4.60. The number of nitriles is 1. The third kappa shape index (κ3) is 3.96. The first-order valence-corrected chi connectivity index (χ1v) is 6.88. The first-order chi connectivity index (χ1) is 10.2. The molecule has 0 fully saturated rings. The van der Waals surface area contributed by atoms with Gasteiger partial charge in [-0.05, 0) is 36.2 Å². The smallest absolute Gasteiger partial charge is 0.146 e. The highest BCUT2D eigenvalue weighted by molar-refractivity contribution is 5.49. The molecule has 4 heteroatoms. The summed E-state index contributed by atoms with van der Waals surface area (Å²) in [5.41, 5.74) is 1.08. The van der Waals surface area contributed by atoms with Crippen molar-refractivity contribution in [2.75, 3.05) is 11.9 Å². The molecular formula is C17H17FN2O. The van der Waals surface area contributed by atoms with Gasteiger partial charge in [-0.15, -0.1) is 0 Å². The summed E-state index contributed by atoms with van der Waals surface area (Å²) < 4.78 is 19.1. The lowest BCUT2D eigenvalue weighted by Gasteiger charge is -2.14. The van der Waals surface area contributed by atoms with Gasteiger partial charge in [0, 0.05) is 0 Å². The summed E-state index contributed by atoms with van der Waals surface area (Å²) in [5, 5.41) is 12.2. The van der Waals surface area contributed by atoms with Crippen LogP contribution in [0.3, 0.4) is 0 Å². The van der Waals surface area contributed by atoms with E-state index in [0.29, 0.717) is 12.3 Å². The van der Waals surface area contributed by atoms with Crippen molar-refractivity contribution < 1.29 is 9.13 Å². The highest BCUT2D eigenvalue weighted by Crippen LogP contribution is 2.23. The lowest BCUT2D eigenvalue weighted by Crippen LogP contribution is -2.09. The quantitative estimate of drug-likeness (QED) is 0.860. The van der Waals surface area contributed by atoms with Crippen molar-refractivity contribution in [3.63, 3.8) is 0 Å². The molecule has 1 N–H and O–H groups in total. The molecular weight excluding hydrogens is 267 g/mol. The van der Waals surface area contributed by atoms with Crippen LogP contribution >= 0.6 is 0 Å². The van der Waals surface area contributed by atoms with Crippen LogP contribution in [0.25, 0.3) is 0 Å². The Hall–Kier alpha value is -2.54. The zero-order chi connectivity index (χ0) is 15.1. The number of ether oxygens (including phenoxy) is 1. The SMILES string of the molecule is CCCOc1ccc(C(C#N)Nc2ccccc2F)cc1. The Morgan fingerprint density at radius 1 is 1.19 bits per heavy atom. The number of rotatable bonds is 6. The second kappa shape index (κ2) is 7.30. The Kier molecular flexibility index (Phi) is 5.16. The molecule has 1 atom stereocenters. The molecule has 108 valence electrons. The normalized spacial score (nSPS) is 11.5. The van der Waals surface area contributed by atoms with E-state index in [1.54, 1.807) is 18.2 Å². The van der Waals surface area contributed by atoms with E-state index in [4.69, 9.17) is 4.74 Å². The number of nitrogens with one attached hydrogen (secondary N) is 1. The summed E-state index contributed by atoms with van der Waals surface area (Å²) in [7, 11) is 0. The van der Waals surface area contributed by atoms with Crippen molar-refractivity contribution in [2.45, 2.75) is 19.4 Å². The topological polar surface area (TPSA) is 45.0 Å². The Morgan fingerprint density at radius 3 is 2.52 bits per heavy atom. The average molecular weight is 284 g/mol. The van der Waals surface area contributed by atoms with Crippen LogP contribution in [0.4, 0.5) is 10.1 Å². The summed E-state index contributed by atoms with van der Waals surface area (Å²) in [4.78, 5) is 0. The minimum absolute atomic E-state index is 0.315. The van der Waals surface area contributed by atoms with Crippen molar-refractivity contribution in [2.24, 2.45) is 0 Å². The number of anilines is 1. The maximum Gasteiger partial charge on any atom is 0.146 e. The van der Waals surface area contributed by atoms with E-state index < -0.39 is 6.04 Å². The van der Waals surface area contributed by atoms with Gasteiger partial charge in [0.25, 0.3) is 0 Å². The summed E-state index contributed by atoms with van der Waals surface area (Å²) in [6.45, 7) is 2.70. The van der Waals surface area contributed by atoms with E-state index in [-0.39, 0.29) is 5.82 Å². The minimum atomic E-state index is -0.609. The van der Waals surface area contributed by atoms with Gasteiger partial charge in [0.2, 0.25) is 0 Å². The fraction of sp³-hybridized carbons (Fsp3) is 0.235. The first kappa shape index (κ1) is 14.9. The summed E-state index contributed by atoms with van der Waals surface area (Å²) >= 11 is 0. The zero-order valence-corrected chi connectivity index (χ0v) is 11.8. The molecule has 3 nitrogen and oxygen atoms in total. The van der Waals surface area contributed by atoms with Gasteiger partial charge in [0.15, 0.2) is 0 Å². The highest BCUT2D eigenvalue weighted by Gasteiger charge is 2.12. The summed E-state index contributed by atoms with van der Waals surface area (Å²) in [6.07, 6.45) is 0.942. The predicted molar refractivity (Wildman–Crippen MR) is 80.6 cm³/mol. The number of nitrogens with zero attached hydrogens (tertiary/aromatic N) is 1. The van der Waals surface area contributed by atoms with Crippen LogP contribution in [0.15, 0.2) is 48.5 Å². The molecule has 0 aliphatic carbocycles. The van der Waals surface area contributed by atoms with Crippen molar-refractivity contribution in [1.82, 2.24) is 0 Å². The molecule has 2 aromatic rings. The van der Waals surface area contributed by atoms with Gasteiger partial charge >= 0.3 is 0 Å². The van der Waals surface area contributed by atoms with Gasteiger partial charge in [-0.1, -0.05) is 31.2 Å². The largest absolute Gasteiger partial charge is 0.494 e. The molecule has 21 heavy (non-hydrogen) atoms. The van der Waals surface area contributed by atoms with Crippen molar-refractivity contribution in [3.05, 3.63) is 59.9 Å². The molecule has 0 saturated carbocycles. The summed E-state index contributed by atoms with van der Waals surface area (Å²) in [5.74, 6) is 0.392. The van der Waals surface area contributed by atoms with E-state index in [2.05, 4.69) is 11.4 Å². The third-order valence-electron chi connectivity index (χ3n) is 2.99. The molecule has 2 aromatic carbocycles. The Labute approximate surface area is 124 Å². The molecule has 0 aromatic heterocycles. The van der Waals surface area contributed by atoms with E-state index in [1.165, 1.54) is 6.07 Å². The maximum absolute atomic E-state index is 13.6. The molecule has 0 heterocycles. The fourth-order valence-corrected chi connectivity index (χ4v) is 1.90. The van der Waals surface area contributed by atoms with E-state index in [9.17, 15) is 9.65 Å². The zero-order valence-electron chi connectivity index (χ0n) is 11.8. The van der Waals surface area contributed by atoms with Gasteiger partial charge in [-0.25, -0.2) is 4.39 Å². The average Bonchev–Trinajstić information content (AvgIpc) is 2.53. The van der Waals surface area contributed by atoms with Gasteiger partial charge < -0.3 is 10.1 Å². The molecule has 0 aliphatic rings. The maximum atomic E-state index is 13.6. The van der Waals surface area contributed by atoms with Gasteiger partial charge in [0.1, 0.15) is 17.6 Å². The van der Waals surface area contributed by atoms with Crippen LogP contribution < -0.4 is 10.1 Å². The van der Waals surface area contributed by atoms with E-state index in [0.717, 1.165) is 17.7 Å². The third-order valence-corrected chi connectivity index (χ3v) is 2.99. The number of benzene rings is 2. The van der Waals surface area contributed by atoms with Crippen LogP contribution in [0, 0.1) is 17.1 Å². The summed E-state index contributed by atoms with van der Waals surface area (Å²) in [6, 6.07) is 15.1.